The van der Waals surface area contributed by atoms with Crippen molar-refractivity contribution in [3.63, 3.8) is 0 Å². The van der Waals surface area contributed by atoms with Gasteiger partial charge in [-0.05, 0) is 26.8 Å². The van der Waals surface area contributed by atoms with Gasteiger partial charge in [-0.15, -0.1) is 0 Å². The molecule has 6 heteroatoms. The van der Waals surface area contributed by atoms with E-state index in [4.69, 9.17) is 31.5 Å². The highest BCUT2D eigenvalue weighted by atomic mass is 35.5. The van der Waals surface area contributed by atoms with Crippen LogP contribution in [0.25, 0.3) is 0 Å². The van der Waals surface area contributed by atoms with Gasteiger partial charge in [0, 0.05) is 11.5 Å². The van der Waals surface area contributed by atoms with Crippen LogP contribution in [0.3, 0.4) is 0 Å². The predicted octanol–water partition coefficient (Wildman–Crippen LogP) is 4.07. The van der Waals surface area contributed by atoms with Gasteiger partial charge in [0.25, 0.3) is 0 Å². The van der Waals surface area contributed by atoms with Crippen molar-refractivity contribution in [3.05, 3.63) is 17.2 Å². The van der Waals surface area contributed by atoms with E-state index in [2.05, 4.69) is 0 Å². The summed E-state index contributed by atoms with van der Waals surface area (Å²) in [5.74, 6) is 0.307. The molecule has 0 aromatic heterocycles. The molecule has 1 aromatic carbocycles. The van der Waals surface area contributed by atoms with Gasteiger partial charge in [-0.2, -0.15) is 0 Å². The molecule has 0 heterocycles. The molecule has 0 bridgehead atoms. The summed E-state index contributed by atoms with van der Waals surface area (Å²) in [7, 11) is 1.50. The number of hydrogen-bond acceptors (Lipinski definition) is 5. The lowest BCUT2D eigenvalue weighted by Gasteiger charge is -2.32. The van der Waals surface area contributed by atoms with Crippen molar-refractivity contribution >= 4 is 23.3 Å². The Morgan fingerprint density at radius 3 is 2.13 bits per heavy atom. The van der Waals surface area contributed by atoms with Crippen molar-refractivity contribution in [2.24, 2.45) is 5.41 Å². The van der Waals surface area contributed by atoms with Gasteiger partial charge in [-0.3, -0.25) is 0 Å². The van der Waals surface area contributed by atoms with Crippen molar-refractivity contribution in [2.75, 3.05) is 12.8 Å². The number of carbonyl (C=O) groups is 1. The second-order valence-electron chi connectivity index (χ2n) is 7.42. The largest absolute Gasteiger partial charge is 0.494 e. The van der Waals surface area contributed by atoms with E-state index in [1.165, 1.54) is 13.2 Å². The third kappa shape index (κ3) is 5.50. The van der Waals surface area contributed by atoms with Gasteiger partial charge in [0.1, 0.15) is 17.1 Å². The summed E-state index contributed by atoms with van der Waals surface area (Å²) in [4.78, 5) is 12.5. The maximum atomic E-state index is 12.5. The van der Waals surface area contributed by atoms with Gasteiger partial charge >= 0.3 is 5.97 Å². The molecule has 0 spiro atoms. The minimum Gasteiger partial charge on any atom is -0.494 e. The SMILES string of the molecule is COc1cc(OC(C(=O)OC(C)(C)C)C(C)(C)C)c(Cl)cc1N. The summed E-state index contributed by atoms with van der Waals surface area (Å²) < 4.78 is 16.5. The van der Waals surface area contributed by atoms with E-state index in [1.54, 1.807) is 6.07 Å². The molecule has 1 rings (SSSR count). The zero-order chi connectivity index (χ0) is 18.0. The standard InChI is InChI=1S/C17H26ClNO4/c1-16(2,3)14(15(20)23-17(4,5)6)22-12-9-13(21-7)11(19)8-10(12)18/h8-9,14H,19H2,1-7H3. The monoisotopic (exact) mass is 343 g/mol. The molecular formula is C17H26ClNO4. The number of methoxy groups -OCH3 is 1. The van der Waals surface area contributed by atoms with Crippen LogP contribution in [0.1, 0.15) is 41.5 Å². The molecule has 0 fully saturated rings. The lowest BCUT2D eigenvalue weighted by Crippen LogP contribution is -2.43. The highest BCUT2D eigenvalue weighted by molar-refractivity contribution is 6.32. The molecule has 1 aromatic rings. The Morgan fingerprint density at radius 1 is 1.13 bits per heavy atom. The Labute approximate surface area is 143 Å². The van der Waals surface area contributed by atoms with Crippen LogP contribution in [0.15, 0.2) is 12.1 Å². The third-order valence-electron chi connectivity index (χ3n) is 2.94. The third-order valence-corrected chi connectivity index (χ3v) is 3.23. The van der Waals surface area contributed by atoms with Crippen molar-refractivity contribution in [1.82, 2.24) is 0 Å². The van der Waals surface area contributed by atoms with E-state index >= 15 is 0 Å². The normalized spacial score (nSPS) is 13.4. The molecule has 23 heavy (non-hydrogen) atoms. The Balaban J connectivity index is 3.15. The smallest absolute Gasteiger partial charge is 0.348 e. The van der Waals surface area contributed by atoms with Crippen LogP contribution in [-0.4, -0.2) is 24.8 Å². The first-order valence-corrected chi connectivity index (χ1v) is 7.75. The average molecular weight is 344 g/mol. The number of rotatable bonds is 4. The molecule has 0 aliphatic heterocycles. The van der Waals surface area contributed by atoms with Crippen LogP contribution >= 0.6 is 11.6 Å². The molecule has 130 valence electrons. The fourth-order valence-corrected chi connectivity index (χ4v) is 2.09. The topological polar surface area (TPSA) is 70.8 Å². The second-order valence-corrected chi connectivity index (χ2v) is 7.83. The van der Waals surface area contributed by atoms with E-state index in [1.807, 2.05) is 41.5 Å². The molecule has 5 nitrogen and oxygen atoms in total. The number of halogens is 1. The lowest BCUT2D eigenvalue weighted by molar-refractivity contribution is -0.168. The van der Waals surface area contributed by atoms with Gasteiger partial charge in [0.05, 0.1) is 17.8 Å². The minimum atomic E-state index is -0.826. The van der Waals surface area contributed by atoms with Crippen LogP contribution in [0.5, 0.6) is 11.5 Å². The summed E-state index contributed by atoms with van der Waals surface area (Å²) in [6.45, 7) is 11.1. The van der Waals surface area contributed by atoms with Gasteiger partial charge in [-0.25, -0.2) is 4.79 Å². The highest BCUT2D eigenvalue weighted by Gasteiger charge is 2.37. The van der Waals surface area contributed by atoms with E-state index in [9.17, 15) is 4.79 Å². The molecule has 0 amide bonds. The average Bonchev–Trinajstić information content (AvgIpc) is 2.33. The van der Waals surface area contributed by atoms with Crippen LogP contribution in [-0.2, 0) is 9.53 Å². The fraction of sp³-hybridized carbons (Fsp3) is 0.588. The molecule has 2 N–H and O–H groups in total. The first kappa shape index (κ1) is 19.4. The van der Waals surface area contributed by atoms with E-state index < -0.39 is 23.1 Å². The molecule has 0 saturated carbocycles. The molecule has 1 atom stereocenters. The summed E-state index contributed by atoms with van der Waals surface area (Å²) in [5.41, 5.74) is 5.11. The van der Waals surface area contributed by atoms with Gasteiger partial charge in [0.15, 0.2) is 0 Å². The van der Waals surface area contributed by atoms with Crippen LogP contribution in [0.4, 0.5) is 5.69 Å². The zero-order valence-electron chi connectivity index (χ0n) is 14.8. The van der Waals surface area contributed by atoms with Gasteiger partial charge in [-0.1, -0.05) is 32.4 Å². The highest BCUT2D eigenvalue weighted by Crippen LogP contribution is 2.37. The number of ether oxygens (including phenoxy) is 3. The lowest BCUT2D eigenvalue weighted by atomic mass is 9.89. The number of anilines is 1. The van der Waals surface area contributed by atoms with Gasteiger partial charge < -0.3 is 19.9 Å². The molecule has 0 aliphatic carbocycles. The Hall–Kier alpha value is -1.62. The molecule has 0 radical (unpaired) electrons. The maximum absolute atomic E-state index is 12.5. The Morgan fingerprint density at radius 2 is 1.70 bits per heavy atom. The van der Waals surface area contributed by atoms with E-state index in [0.29, 0.717) is 22.2 Å². The first-order valence-electron chi connectivity index (χ1n) is 7.37. The number of nitrogen functional groups attached to an aromatic ring is 1. The molecular weight excluding hydrogens is 318 g/mol. The molecule has 0 saturated heterocycles. The summed E-state index contributed by atoms with van der Waals surface area (Å²) in [6.07, 6.45) is -0.826. The summed E-state index contributed by atoms with van der Waals surface area (Å²) in [6, 6.07) is 3.10. The quantitative estimate of drug-likeness (QED) is 0.659. The number of carbonyl (C=O) groups excluding carboxylic acids is 1. The zero-order valence-corrected chi connectivity index (χ0v) is 15.6. The minimum absolute atomic E-state index is 0.307. The number of hydrogen-bond donors (Lipinski definition) is 1. The van der Waals surface area contributed by atoms with Crippen LogP contribution in [0.2, 0.25) is 5.02 Å². The summed E-state index contributed by atoms with van der Waals surface area (Å²) >= 11 is 6.18. The van der Waals surface area contributed by atoms with Crippen molar-refractivity contribution in [2.45, 2.75) is 53.2 Å². The number of benzene rings is 1. The summed E-state index contributed by atoms with van der Waals surface area (Å²) in [5, 5.41) is 0.307. The molecule has 1 unspecified atom stereocenters. The Kier molecular flexibility index (Phi) is 5.80. The number of esters is 1. The van der Waals surface area contributed by atoms with Crippen molar-refractivity contribution < 1.29 is 19.0 Å². The maximum Gasteiger partial charge on any atom is 0.348 e. The predicted molar refractivity (Wildman–Crippen MR) is 92.1 cm³/mol. The molecule has 0 aliphatic rings. The Bertz CT molecular complexity index is 573. The second kappa shape index (κ2) is 6.87. The number of nitrogens with two attached hydrogens (primary N) is 1. The van der Waals surface area contributed by atoms with E-state index in [0.717, 1.165) is 0 Å². The fourth-order valence-electron chi connectivity index (χ4n) is 1.88. The van der Waals surface area contributed by atoms with Crippen LogP contribution in [0, 0.1) is 5.41 Å². The van der Waals surface area contributed by atoms with Crippen LogP contribution < -0.4 is 15.2 Å². The van der Waals surface area contributed by atoms with Crippen molar-refractivity contribution in [1.29, 1.82) is 0 Å². The van der Waals surface area contributed by atoms with E-state index in [-0.39, 0.29) is 0 Å². The first-order chi connectivity index (χ1) is 10.3. The van der Waals surface area contributed by atoms with Crippen molar-refractivity contribution in [3.8, 4) is 11.5 Å². The van der Waals surface area contributed by atoms with Gasteiger partial charge in [0.2, 0.25) is 6.10 Å².